The fourth-order valence-electron chi connectivity index (χ4n) is 10.6. The van der Waals surface area contributed by atoms with Crippen molar-refractivity contribution in [1.82, 2.24) is 0 Å². The molecule has 198 valence electrons. The molecule has 0 nitrogen and oxygen atoms in total. The molecule has 8 rings (SSSR count). The molecule has 0 bridgehead atoms. The summed E-state index contributed by atoms with van der Waals surface area (Å²) in [5.41, 5.74) is 27.8. The maximum Gasteiger partial charge on any atom is 0.0445 e. The van der Waals surface area contributed by atoms with Crippen molar-refractivity contribution in [3.63, 3.8) is 0 Å². The van der Waals surface area contributed by atoms with Crippen molar-refractivity contribution in [2.45, 2.75) is 93.4 Å². The van der Waals surface area contributed by atoms with E-state index in [2.05, 4.69) is 78.8 Å². The van der Waals surface area contributed by atoms with Crippen LogP contribution in [0.25, 0.3) is 0 Å². The molecule has 0 aromatic carbocycles. The van der Waals surface area contributed by atoms with Crippen molar-refractivity contribution in [3.8, 4) is 0 Å². The van der Waals surface area contributed by atoms with Crippen LogP contribution in [-0.2, 0) is 0 Å². The van der Waals surface area contributed by atoms with E-state index in [1.165, 1.54) is 5.57 Å². The minimum atomic E-state index is -0.00287. The Morgan fingerprint density at radius 3 is 1.62 bits per heavy atom. The Bertz CT molecular complexity index is 1660. The second-order valence-electron chi connectivity index (χ2n) is 12.6. The normalized spacial score (nSPS) is 30.9. The lowest BCUT2D eigenvalue weighted by Crippen LogP contribution is -2.50. The molecular formula is C39H42. The minimum absolute atomic E-state index is 0.00287. The van der Waals surface area contributed by atoms with Gasteiger partial charge in [0.2, 0.25) is 0 Å². The zero-order valence-electron chi connectivity index (χ0n) is 25.0. The maximum absolute atomic E-state index is 2.71. The molecule has 0 radical (unpaired) electrons. The van der Waals surface area contributed by atoms with Gasteiger partial charge in [0.25, 0.3) is 0 Å². The lowest BCUT2D eigenvalue weighted by molar-refractivity contribution is 0.265. The number of hydrogen-bond acceptors (Lipinski definition) is 0. The highest BCUT2D eigenvalue weighted by molar-refractivity contribution is 5.88. The summed E-state index contributed by atoms with van der Waals surface area (Å²) in [6.45, 7) is 16.8. The minimum Gasteiger partial charge on any atom is -0.0613 e. The molecular weight excluding hydrogens is 468 g/mol. The highest BCUT2D eigenvalue weighted by Crippen LogP contribution is 2.77. The van der Waals surface area contributed by atoms with Crippen LogP contribution in [0.3, 0.4) is 0 Å². The number of hydrogen-bond donors (Lipinski definition) is 0. The molecule has 0 aliphatic heterocycles. The van der Waals surface area contributed by atoms with Crippen LogP contribution in [0.1, 0.15) is 93.4 Å². The van der Waals surface area contributed by atoms with E-state index in [1.54, 1.807) is 89.2 Å². The Balaban J connectivity index is 1.61. The lowest BCUT2D eigenvalue weighted by Gasteiger charge is -2.57. The molecule has 1 spiro atoms. The van der Waals surface area contributed by atoms with Crippen LogP contribution < -0.4 is 0 Å². The molecule has 0 N–H and O–H groups in total. The molecule has 0 heteroatoms. The van der Waals surface area contributed by atoms with Crippen molar-refractivity contribution in [1.29, 1.82) is 0 Å². The molecule has 8 aliphatic rings. The van der Waals surface area contributed by atoms with Crippen LogP contribution in [0.5, 0.6) is 0 Å². The summed E-state index contributed by atoms with van der Waals surface area (Å²) < 4.78 is 0. The average Bonchev–Trinajstić information content (AvgIpc) is 3.66. The molecule has 8 aliphatic carbocycles. The van der Waals surface area contributed by atoms with Crippen molar-refractivity contribution < 1.29 is 0 Å². The molecule has 0 saturated heterocycles. The van der Waals surface area contributed by atoms with Crippen LogP contribution >= 0.6 is 0 Å². The molecule has 0 saturated carbocycles. The van der Waals surface area contributed by atoms with Crippen LogP contribution in [0.2, 0.25) is 0 Å². The van der Waals surface area contributed by atoms with Gasteiger partial charge in [-0.1, -0.05) is 78.8 Å². The molecule has 0 amide bonds. The first-order valence-electron chi connectivity index (χ1n) is 16.0. The number of allylic oxidation sites excluding steroid dienone is 22. The predicted molar refractivity (Wildman–Crippen MR) is 164 cm³/mol. The fraction of sp³-hybridized carbons (Fsp3) is 0.436. The average molecular weight is 511 g/mol. The Morgan fingerprint density at radius 2 is 1.05 bits per heavy atom. The Labute approximate surface area is 235 Å². The van der Waals surface area contributed by atoms with E-state index in [0.29, 0.717) is 11.8 Å². The van der Waals surface area contributed by atoms with Gasteiger partial charge in [-0.3, -0.25) is 0 Å². The molecule has 0 fully saturated rings. The second-order valence-corrected chi connectivity index (χ2v) is 12.6. The SMILES string of the molecule is CCC1=CC2=CC3=C(CC)C(CC)=C4C=C5C(CC)=C(CC)C6=C5C5(C2=C1C=C1C(CC)=C(CC)C(=C6)C15)C34. The summed E-state index contributed by atoms with van der Waals surface area (Å²) in [6.07, 6.45) is 21.2. The van der Waals surface area contributed by atoms with Gasteiger partial charge in [0.1, 0.15) is 0 Å². The fourth-order valence-corrected chi connectivity index (χ4v) is 10.6. The van der Waals surface area contributed by atoms with Crippen molar-refractivity contribution in [2.75, 3.05) is 0 Å². The monoisotopic (exact) mass is 510 g/mol. The van der Waals surface area contributed by atoms with Gasteiger partial charge in [-0.05, 0) is 140 Å². The van der Waals surface area contributed by atoms with Crippen LogP contribution in [0.15, 0.2) is 125 Å². The van der Waals surface area contributed by atoms with Gasteiger partial charge in [-0.25, -0.2) is 0 Å². The van der Waals surface area contributed by atoms with Gasteiger partial charge in [-0.15, -0.1) is 0 Å². The summed E-state index contributed by atoms with van der Waals surface area (Å²) in [7, 11) is 0. The van der Waals surface area contributed by atoms with Crippen LogP contribution in [0.4, 0.5) is 0 Å². The summed E-state index contributed by atoms with van der Waals surface area (Å²) in [6, 6.07) is 0. The van der Waals surface area contributed by atoms with E-state index in [9.17, 15) is 0 Å². The summed E-state index contributed by atoms with van der Waals surface area (Å²) in [5.74, 6) is 0.908. The molecule has 0 aromatic rings. The lowest BCUT2D eigenvalue weighted by atomic mass is 9.44. The van der Waals surface area contributed by atoms with Gasteiger partial charge < -0.3 is 0 Å². The van der Waals surface area contributed by atoms with E-state index < -0.39 is 0 Å². The van der Waals surface area contributed by atoms with Gasteiger partial charge in [0, 0.05) is 17.3 Å². The van der Waals surface area contributed by atoms with E-state index in [4.69, 9.17) is 0 Å². The van der Waals surface area contributed by atoms with Crippen LogP contribution in [0, 0.1) is 17.3 Å². The smallest absolute Gasteiger partial charge is 0.0445 e. The van der Waals surface area contributed by atoms with Gasteiger partial charge in [0.15, 0.2) is 0 Å². The Hall–Kier alpha value is -2.86. The molecule has 0 heterocycles. The molecule has 3 atom stereocenters. The molecule has 0 aromatic heterocycles. The first kappa shape index (κ1) is 24.0. The Morgan fingerprint density at radius 1 is 0.487 bits per heavy atom. The standard InChI is InChI=1S/C39H42/c1-8-20-15-21-16-29-22(9-2)23(10-3)31-18-33-26(13-6)27(14-7)34-19-32-25(12-5)24(11-4)30-17-28(20)35(21)39(36(29)31,37(30)32)38(33)34/h15-19,36-37H,8-14H2,1-7H3. The van der Waals surface area contributed by atoms with Crippen molar-refractivity contribution in [3.05, 3.63) is 125 Å². The Kier molecular flexibility index (Phi) is 4.84. The highest BCUT2D eigenvalue weighted by atomic mass is 14.7. The van der Waals surface area contributed by atoms with Gasteiger partial charge >= 0.3 is 0 Å². The highest BCUT2D eigenvalue weighted by Gasteiger charge is 2.67. The third kappa shape index (κ3) is 2.39. The maximum atomic E-state index is 2.71. The third-order valence-corrected chi connectivity index (χ3v) is 11.6. The first-order valence-corrected chi connectivity index (χ1v) is 16.0. The van der Waals surface area contributed by atoms with Crippen LogP contribution in [-0.4, -0.2) is 0 Å². The van der Waals surface area contributed by atoms with E-state index in [1.807, 2.05) is 0 Å². The second kappa shape index (κ2) is 7.87. The summed E-state index contributed by atoms with van der Waals surface area (Å²) in [5, 5.41) is 0. The topological polar surface area (TPSA) is 0 Å². The van der Waals surface area contributed by atoms with E-state index >= 15 is 0 Å². The zero-order valence-corrected chi connectivity index (χ0v) is 25.0. The van der Waals surface area contributed by atoms with E-state index in [-0.39, 0.29) is 5.41 Å². The number of rotatable bonds is 7. The third-order valence-electron chi connectivity index (χ3n) is 11.6. The van der Waals surface area contributed by atoms with E-state index in [0.717, 1.165) is 44.9 Å². The molecule has 39 heavy (non-hydrogen) atoms. The van der Waals surface area contributed by atoms with Gasteiger partial charge in [0.05, 0.1) is 0 Å². The zero-order chi connectivity index (χ0) is 27.0. The quantitative estimate of drug-likeness (QED) is 0.319. The summed E-state index contributed by atoms with van der Waals surface area (Å²) in [4.78, 5) is 0. The van der Waals surface area contributed by atoms with Crippen molar-refractivity contribution in [2.24, 2.45) is 17.3 Å². The first-order chi connectivity index (χ1) is 19.0. The van der Waals surface area contributed by atoms with Crippen molar-refractivity contribution >= 4 is 0 Å². The predicted octanol–water partition coefficient (Wildman–Crippen LogP) is 10.6. The summed E-state index contributed by atoms with van der Waals surface area (Å²) >= 11 is 0. The van der Waals surface area contributed by atoms with Gasteiger partial charge in [-0.2, -0.15) is 0 Å². The molecule has 3 unspecified atom stereocenters. The largest absolute Gasteiger partial charge is 0.0613 e.